The number of fused-ring (bicyclic) bond motifs is 8. The standard InChI is InChI=1S/C49H37N/c1-2-9-31(10-3-1)32-17-21-37(22-18-32)50(38-23-19-34(20-24-38)41-15-8-12-33-11-4-5-13-40(33)41)39-25-26-43-42-14-6-7-16-44(42)49(45(43)30-39)46-28-35-27-36-29-47(49)48(35,36)46/h1-26,30,35-36,46-47H,27-29H2. The van der Waals surface area contributed by atoms with E-state index in [1.54, 1.807) is 11.1 Å². The lowest BCUT2D eigenvalue weighted by Crippen LogP contribution is -2.88. The van der Waals surface area contributed by atoms with Crippen molar-refractivity contribution in [2.24, 2.45) is 29.1 Å². The van der Waals surface area contributed by atoms with Crippen molar-refractivity contribution in [2.45, 2.75) is 24.7 Å². The van der Waals surface area contributed by atoms with Gasteiger partial charge in [-0.15, -0.1) is 0 Å². The predicted molar refractivity (Wildman–Crippen MR) is 206 cm³/mol. The minimum atomic E-state index is 0.191. The number of nitrogens with zero attached hydrogens (tertiary/aromatic N) is 1. The maximum atomic E-state index is 2.60. The third-order valence-electron chi connectivity index (χ3n) is 14.2. The molecule has 4 unspecified atom stereocenters. The Kier molecular flexibility index (Phi) is 5.29. The maximum absolute atomic E-state index is 2.60. The van der Waals surface area contributed by atoms with Crippen molar-refractivity contribution < 1.29 is 0 Å². The van der Waals surface area contributed by atoms with E-state index in [9.17, 15) is 0 Å². The van der Waals surface area contributed by atoms with E-state index in [-0.39, 0.29) is 5.41 Å². The second-order valence-electron chi connectivity index (χ2n) is 15.7. The monoisotopic (exact) mass is 639 g/mol. The van der Waals surface area contributed by atoms with Crippen LogP contribution >= 0.6 is 0 Å². The summed E-state index contributed by atoms with van der Waals surface area (Å²) < 4.78 is 0. The van der Waals surface area contributed by atoms with Gasteiger partial charge in [0.15, 0.2) is 0 Å². The van der Waals surface area contributed by atoms with Gasteiger partial charge in [-0.1, -0.05) is 127 Å². The zero-order chi connectivity index (χ0) is 32.6. The molecule has 4 fully saturated rings. The summed E-state index contributed by atoms with van der Waals surface area (Å²) in [6, 6.07) is 61.3. The number of rotatable bonds is 5. The maximum Gasteiger partial charge on any atom is 0.0465 e. The fourth-order valence-corrected chi connectivity index (χ4v) is 12.2. The average molecular weight is 640 g/mol. The van der Waals surface area contributed by atoms with Gasteiger partial charge in [-0.3, -0.25) is 0 Å². The molecular formula is C49H37N. The first-order valence-corrected chi connectivity index (χ1v) is 18.5. The lowest BCUT2D eigenvalue weighted by Gasteiger charge is -2.92. The van der Waals surface area contributed by atoms with Crippen LogP contribution in [-0.2, 0) is 5.41 Å². The molecule has 0 amide bonds. The van der Waals surface area contributed by atoms with E-state index in [0.29, 0.717) is 5.41 Å². The second kappa shape index (κ2) is 9.64. The van der Waals surface area contributed by atoms with E-state index in [4.69, 9.17) is 0 Å². The highest BCUT2D eigenvalue weighted by molar-refractivity contribution is 5.97. The lowest BCUT2D eigenvalue weighted by atomic mass is 9.11. The Labute approximate surface area is 293 Å². The highest BCUT2D eigenvalue weighted by atomic mass is 15.1. The Morgan fingerprint density at radius 3 is 1.76 bits per heavy atom. The first-order valence-electron chi connectivity index (χ1n) is 18.5. The third kappa shape index (κ3) is 3.21. The van der Waals surface area contributed by atoms with Gasteiger partial charge >= 0.3 is 0 Å². The van der Waals surface area contributed by atoms with Gasteiger partial charge < -0.3 is 4.90 Å². The number of benzene rings is 7. The molecule has 5 aliphatic carbocycles. The number of anilines is 3. The summed E-state index contributed by atoms with van der Waals surface area (Å²) >= 11 is 0. The highest BCUT2D eigenvalue weighted by Crippen LogP contribution is 2.94. The summed E-state index contributed by atoms with van der Waals surface area (Å²) in [6.07, 6.45) is 4.34. The van der Waals surface area contributed by atoms with Crippen LogP contribution in [0.4, 0.5) is 17.1 Å². The van der Waals surface area contributed by atoms with Gasteiger partial charge in [-0.25, -0.2) is 0 Å². The van der Waals surface area contributed by atoms with E-state index in [2.05, 4.69) is 169 Å². The van der Waals surface area contributed by atoms with E-state index in [0.717, 1.165) is 23.7 Å². The van der Waals surface area contributed by atoms with Crippen LogP contribution in [0.2, 0.25) is 0 Å². The van der Waals surface area contributed by atoms with Crippen LogP contribution in [0.3, 0.4) is 0 Å². The van der Waals surface area contributed by atoms with Crippen LogP contribution in [0, 0.1) is 29.1 Å². The van der Waals surface area contributed by atoms with E-state index < -0.39 is 0 Å². The molecule has 0 radical (unpaired) electrons. The zero-order valence-corrected chi connectivity index (χ0v) is 28.0. The molecule has 0 aromatic heterocycles. The Morgan fingerprint density at radius 1 is 0.420 bits per heavy atom. The smallest absolute Gasteiger partial charge is 0.0465 e. The number of hydrogen-bond donors (Lipinski definition) is 0. The molecule has 7 aromatic carbocycles. The molecule has 238 valence electrons. The summed E-state index contributed by atoms with van der Waals surface area (Å²) in [5.41, 5.74) is 15.7. The molecule has 4 atom stereocenters. The van der Waals surface area contributed by atoms with Gasteiger partial charge in [0.25, 0.3) is 0 Å². The molecule has 2 spiro atoms. The molecule has 0 bridgehead atoms. The van der Waals surface area contributed by atoms with E-state index in [1.165, 1.54) is 80.5 Å². The molecule has 0 heterocycles. The molecule has 5 aliphatic rings. The van der Waals surface area contributed by atoms with Gasteiger partial charge in [0.2, 0.25) is 0 Å². The molecule has 0 aliphatic heterocycles. The van der Waals surface area contributed by atoms with E-state index in [1.807, 2.05) is 0 Å². The Balaban J connectivity index is 1.00. The van der Waals surface area contributed by atoms with Crippen LogP contribution in [0.15, 0.2) is 164 Å². The Morgan fingerprint density at radius 2 is 1.00 bits per heavy atom. The van der Waals surface area contributed by atoms with Crippen molar-refractivity contribution in [1.82, 2.24) is 0 Å². The molecule has 0 saturated heterocycles. The van der Waals surface area contributed by atoms with Crippen LogP contribution in [0.5, 0.6) is 0 Å². The van der Waals surface area contributed by atoms with Gasteiger partial charge in [0, 0.05) is 22.5 Å². The highest BCUT2D eigenvalue weighted by Gasteiger charge is 2.90. The SMILES string of the molecule is c1ccc(-c2ccc(N(c3ccc(-c4cccc5ccccc45)cc3)c3ccc4c(c3)C3(c5ccccc5-4)C4CC5CC6CC3C564)cc2)cc1. The van der Waals surface area contributed by atoms with Crippen LogP contribution < -0.4 is 4.90 Å². The predicted octanol–water partition coefficient (Wildman–Crippen LogP) is 12.6. The van der Waals surface area contributed by atoms with Crippen molar-refractivity contribution in [1.29, 1.82) is 0 Å². The average Bonchev–Trinajstić information content (AvgIpc) is 3.45. The fourth-order valence-electron chi connectivity index (χ4n) is 12.2. The normalized spacial score (nSPS) is 27.1. The molecule has 4 saturated carbocycles. The van der Waals surface area contributed by atoms with Crippen molar-refractivity contribution in [3.8, 4) is 33.4 Å². The number of hydrogen-bond acceptors (Lipinski definition) is 1. The van der Waals surface area contributed by atoms with Crippen molar-refractivity contribution in [3.63, 3.8) is 0 Å². The quantitative estimate of drug-likeness (QED) is 0.181. The minimum Gasteiger partial charge on any atom is -0.310 e. The molecule has 50 heavy (non-hydrogen) atoms. The van der Waals surface area contributed by atoms with E-state index >= 15 is 0 Å². The molecule has 12 rings (SSSR count). The van der Waals surface area contributed by atoms with Crippen molar-refractivity contribution in [3.05, 3.63) is 175 Å². The molecule has 7 aromatic rings. The van der Waals surface area contributed by atoms with Crippen LogP contribution in [0.1, 0.15) is 30.4 Å². The summed E-state index contributed by atoms with van der Waals surface area (Å²) in [5.74, 6) is 3.63. The molecule has 0 N–H and O–H groups in total. The molecule has 1 nitrogen and oxygen atoms in total. The first kappa shape index (κ1) is 27.4. The largest absolute Gasteiger partial charge is 0.310 e. The summed E-state index contributed by atoms with van der Waals surface area (Å²) in [5, 5.41) is 2.57. The minimum absolute atomic E-state index is 0.191. The van der Waals surface area contributed by atoms with Crippen LogP contribution in [0.25, 0.3) is 44.2 Å². The summed E-state index contributed by atoms with van der Waals surface area (Å²) in [7, 11) is 0. The van der Waals surface area contributed by atoms with Gasteiger partial charge in [0.1, 0.15) is 0 Å². The second-order valence-corrected chi connectivity index (χ2v) is 15.7. The van der Waals surface area contributed by atoms with Gasteiger partial charge in [0.05, 0.1) is 0 Å². The van der Waals surface area contributed by atoms with Crippen molar-refractivity contribution >= 4 is 27.8 Å². The summed E-state index contributed by atoms with van der Waals surface area (Å²) in [4.78, 5) is 2.49. The lowest BCUT2D eigenvalue weighted by molar-refractivity contribution is -0.412. The molecular weight excluding hydrogens is 603 g/mol. The van der Waals surface area contributed by atoms with Gasteiger partial charge in [-0.2, -0.15) is 0 Å². The third-order valence-corrected chi connectivity index (χ3v) is 14.2. The topological polar surface area (TPSA) is 3.24 Å². The molecule has 1 heteroatoms. The van der Waals surface area contributed by atoms with Crippen molar-refractivity contribution in [2.75, 3.05) is 4.90 Å². The summed E-state index contributed by atoms with van der Waals surface area (Å²) in [6.45, 7) is 0. The zero-order valence-electron chi connectivity index (χ0n) is 28.0. The Hall–Kier alpha value is -5.40. The fraction of sp³-hybridized carbons (Fsp3) is 0.184. The van der Waals surface area contributed by atoms with Gasteiger partial charge in [-0.05, 0) is 140 Å². The first-order chi connectivity index (χ1) is 24.8. The van der Waals surface area contributed by atoms with Crippen LogP contribution in [-0.4, -0.2) is 0 Å². The Bertz CT molecular complexity index is 2460.